The molecule has 2 atom stereocenters. The van der Waals surface area contributed by atoms with Crippen molar-refractivity contribution in [3.8, 4) is 5.75 Å². The summed E-state index contributed by atoms with van der Waals surface area (Å²) in [5.41, 5.74) is -2.77. The van der Waals surface area contributed by atoms with Gasteiger partial charge in [0.1, 0.15) is 11.4 Å². The van der Waals surface area contributed by atoms with E-state index >= 15 is 0 Å². The van der Waals surface area contributed by atoms with Crippen LogP contribution in [-0.2, 0) is 20.2 Å². The normalized spacial score (nSPS) is 29.9. The van der Waals surface area contributed by atoms with Crippen molar-refractivity contribution in [3.05, 3.63) is 29.8 Å². The van der Waals surface area contributed by atoms with E-state index in [0.29, 0.717) is 12.1 Å². The number of nitrogens with zero attached hydrogens (tertiary/aromatic N) is 1. The van der Waals surface area contributed by atoms with Crippen LogP contribution in [0, 0.1) is 10.8 Å². The highest BCUT2D eigenvalue weighted by atomic mass is 17.3. The predicted octanol–water partition coefficient (Wildman–Crippen LogP) is 4.57. The van der Waals surface area contributed by atoms with Crippen molar-refractivity contribution < 1.29 is 24.4 Å². The van der Waals surface area contributed by atoms with Gasteiger partial charge in [-0.2, -0.15) is 4.89 Å². The van der Waals surface area contributed by atoms with Crippen molar-refractivity contribution in [1.82, 2.24) is 4.90 Å². The molecule has 0 spiro atoms. The lowest BCUT2D eigenvalue weighted by Crippen LogP contribution is -2.75. The Kier molecular flexibility index (Phi) is 4.15. The van der Waals surface area contributed by atoms with Crippen LogP contribution in [0.4, 0.5) is 4.79 Å². The van der Waals surface area contributed by atoms with Gasteiger partial charge in [0.25, 0.3) is 0 Å². The zero-order chi connectivity index (χ0) is 20.5. The highest BCUT2D eigenvalue weighted by Gasteiger charge is 2.84. The third-order valence-corrected chi connectivity index (χ3v) is 5.56. The number of hydrogen-bond acceptors (Lipinski definition) is 5. The van der Waals surface area contributed by atoms with E-state index in [2.05, 4.69) is 34.6 Å². The summed E-state index contributed by atoms with van der Waals surface area (Å²) in [6, 6.07) is 6.81. The number of ether oxygens (including phenoxy) is 1. The summed E-state index contributed by atoms with van der Waals surface area (Å²) in [5.74, 6) is 0.106. The standard InChI is InChI=1S/C21H31NO5/c1-17(2,3)21-19(7,8)13-22(16(24)25-18(4,5)6)20(21,26-27-21)14-10-9-11-15(23)12-14/h9-12,23H,13H2,1-8H3/t20-,21-/m0/s1. The minimum Gasteiger partial charge on any atom is -0.508 e. The first kappa shape index (κ1) is 20.0. The minimum absolute atomic E-state index is 0.106. The number of amides is 1. The number of benzene rings is 1. The zero-order valence-electron chi connectivity index (χ0n) is 17.5. The molecular weight excluding hydrogens is 346 g/mol. The fraction of sp³-hybridized carbons (Fsp3) is 0.667. The Morgan fingerprint density at radius 3 is 2.22 bits per heavy atom. The molecule has 1 amide bonds. The average molecular weight is 377 g/mol. The maximum atomic E-state index is 13.2. The van der Waals surface area contributed by atoms with E-state index in [4.69, 9.17) is 14.5 Å². The third kappa shape index (κ3) is 2.57. The number of phenols is 1. The molecule has 27 heavy (non-hydrogen) atoms. The average Bonchev–Trinajstić information content (AvgIpc) is 2.56. The number of likely N-dealkylation sites (tertiary alicyclic amines) is 1. The first-order valence-corrected chi connectivity index (χ1v) is 9.35. The van der Waals surface area contributed by atoms with E-state index in [9.17, 15) is 9.90 Å². The molecule has 0 unspecified atom stereocenters. The van der Waals surface area contributed by atoms with Gasteiger partial charge in [0.2, 0.25) is 5.72 Å². The Balaban J connectivity index is 2.22. The summed E-state index contributed by atoms with van der Waals surface area (Å²) >= 11 is 0. The lowest BCUT2D eigenvalue weighted by molar-refractivity contribution is -0.604. The van der Waals surface area contributed by atoms with Crippen molar-refractivity contribution in [2.24, 2.45) is 10.8 Å². The lowest BCUT2D eigenvalue weighted by Gasteiger charge is -2.63. The second-order valence-corrected chi connectivity index (χ2v) is 10.2. The third-order valence-electron chi connectivity index (χ3n) is 5.56. The van der Waals surface area contributed by atoms with Gasteiger partial charge in [0, 0.05) is 22.9 Å². The molecule has 0 bridgehead atoms. The summed E-state index contributed by atoms with van der Waals surface area (Å²) in [6.45, 7) is 16.3. The second-order valence-electron chi connectivity index (χ2n) is 10.2. The number of fused-ring (bicyclic) bond motifs is 1. The van der Waals surface area contributed by atoms with Crippen molar-refractivity contribution in [3.63, 3.8) is 0 Å². The van der Waals surface area contributed by atoms with Gasteiger partial charge in [-0.1, -0.05) is 46.8 Å². The molecule has 2 aliphatic rings. The zero-order valence-corrected chi connectivity index (χ0v) is 17.5. The molecule has 3 rings (SSSR count). The van der Waals surface area contributed by atoms with Gasteiger partial charge >= 0.3 is 6.09 Å². The summed E-state index contributed by atoms with van der Waals surface area (Å²) in [4.78, 5) is 26.5. The van der Waals surface area contributed by atoms with Gasteiger partial charge in [-0.25, -0.2) is 9.68 Å². The smallest absolute Gasteiger partial charge is 0.413 e. The van der Waals surface area contributed by atoms with Crippen LogP contribution in [-0.4, -0.2) is 33.8 Å². The number of phenolic OH excluding ortho intramolecular Hbond substituents is 1. The molecule has 0 saturated carbocycles. The fourth-order valence-electron chi connectivity index (χ4n) is 4.91. The maximum absolute atomic E-state index is 13.2. The number of carbonyl (C=O) groups is 1. The molecule has 0 radical (unpaired) electrons. The molecule has 0 aliphatic carbocycles. The van der Waals surface area contributed by atoms with Crippen molar-refractivity contribution >= 4 is 6.09 Å². The van der Waals surface area contributed by atoms with Crippen LogP contribution in [0.15, 0.2) is 24.3 Å². The molecule has 2 aliphatic heterocycles. The molecule has 6 heteroatoms. The first-order chi connectivity index (χ1) is 12.2. The number of rotatable bonds is 1. The SMILES string of the molecule is CC(C)(C)OC(=O)N1CC(C)(C)[C@]2(C(C)(C)C)OO[C@]12c1cccc(O)c1. The number of hydrogen-bond donors (Lipinski definition) is 1. The maximum Gasteiger partial charge on any atom is 0.413 e. The van der Waals surface area contributed by atoms with Gasteiger partial charge in [-0.3, -0.25) is 4.90 Å². The van der Waals surface area contributed by atoms with E-state index in [1.165, 1.54) is 0 Å². The topological polar surface area (TPSA) is 68.2 Å². The molecule has 150 valence electrons. The molecule has 1 aromatic carbocycles. The molecule has 2 saturated heterocycles. The predicted molar refractivity (Wildman–Crippen MR) is 101 cm³/mol. The molecule has 2 heterocycles. The Morgan fingerprint density at radius 2 is 1.78 bits per heavy atom. The van der Waals surface area contributed by atoms with Gasteiger partial charge in [-0.15, -0.1) is 0 Å². The van der Waals surface area contributed by atoms with Crippen molar-refractivity contribution in [2.45, 2.75) is 72.3 Å². The van der Waals surface area contributed by atoms with Crippen LogP contribution in [0.3, 0.4) is 0 Å². The quantitative estimate of drug-likeness (QED) is 0.726. The Hall–Kier alpha value is -1.79. The van der Waals surface area contributed by atoms with Gasteiger partial charge in [0.15, 0.2) is 5.60 Å². The van der Waals surface area contributed by atoms with Crippen LogP contribution in [0.25, 0.3) is 0 Å². The second kappa shape index (κ2) is 5.61. The summed E-state index contributed by atoms with van der Waals surface area (Å²) in [6.07, 6.45) is -0.464. The van der Waals surface area contributed by atoms with E-state index < -0.39 is 28.4 Å². The molecule has 1 aromatic rings. The van der Waals surface area contributed by atoms with Crippen LogP contribution in [0.5, 0.6) is 5.75 Å². The molecule has 6 nitrogen and oxygen atoms in total. The monoisotopic (exact) mass is 377 g/mol. The number of aromatic hydroxyl groups is 1. The van der Waals surface area contributed by atoms with Crippen LogP contribution >= 0.6 is 0 Å². The molecule has 0 aromatic heterocycles. The Morgan fingerprint density at radius 1 is 1.15 bits per heavy atom. The van der Waals surface area contributed by atoms with Crippen molar-refractivity contribution in [1.29, 1.82) is 0 Å². The summed E-state index contributed by atoms with van der Waals surface area (Å²) < 4.78 is 5.69. The molecule has 1 N–H and O–H groups in total. The highest BCUT2D eigenvalue weighted by Crippen LogP contribution is 2.70. The Bertz CT molecular complexity index is 761. The van der Waals surface area contributed by atoms with Crippen LogP contribution < -0.4 is 0 Å². The lowest BCUT2D eigenvalue weighted by atomic mass is 9.57. The van der Waals surface area contributed by atoms with Gasteiger partial charge in [-0.05, 0) is 32.9 Å². The highest BCUT2D eigenvalue weighted by molar-refractivity contribution is 5.71. The van der Waals surface area contributed by atoms with E-state index in [1.54, 1.807) is 23.1 Å². The van der Waals surface area contributed by atoms with Gasteiger partial charge < -0.3 is 9.84 Å². The number of carbonyl (C=O) groups excluding carboxylic acids is 1. The summed E-state index contributed by atoms with van der Waals surface area (Å²) in [5, 5.41) is 10.1. The molecular formula is C21H31NO5. The van der Waals surface area contributed by atoms with E-state index in [0.717, 1.165) is 0 Å². The van der Waals surface area contributed by atoms with E-state index in [1.807, 2.05) is 26.8 Å². The Labute approximate surface area is 161 Å². The fourth-order valence-corrected chi connectivity index (χ4v) is 4.91. The van der Waals surface area contributed by atoms with E-state index in [-0.39, 0.29) is 11.2 Å². The molecule has 2 fully saturated rings. The summed E-state index contributed by atoms with van der Waals surface area (Å²) in [7, 11) is 0. The van der Waals surface area contributed by atoms with Crippen LogP contribution in [0.1, 0.15) is 61.0 Å². The first-order valence-electron chi connectivity index (χ1n) is 9.35. The minimum atomic E-state index is -1.18. The van der Waals surface area contributed by atoms with Crippen molar-refractivity contribution in [2.75, 3.05) is 6.54 Å². The largest absolute Gasteiger partial charge is 0.508 e. The van der Waals surface area contributed by atoms with Crippen LogP contribution in [0.2, 0.25) is 0 Å². The van der Waals surface area contributed by atoms with Gasteiger partial charge in [0.05, 0.1) is 0 Å².